The maximum atomic E-state index is 13.1. The number of ether oxygens (including phenoxy) is 2. The van der Waals surface area contributed by atoms with E-state index in [1.807, 2.05) is 48.5 Å². The lowest BCUT2D eigenvalue weighted by atomic mass is 9.70. The summed E-state index contributed by atoms with van der Waals surface area (Å²) in [7, 11) is -7.08. The van der Waals surface area contributed by atoms with Crippen LogP contribution in [0.2, 0.25) is 0 Å². The first-order valence-electron chi connectivity index (χ1n) is 30.0. The van der Waals surface area contributed by atoms with Gasteiger partial charge in [0.05, 0.1) is 39.7 Å². The van der Waals surface area contributed by atoms with Crippen molar-refractivity contribution in [1.29, 1.82) is 0 Å². The topological polar surface area (TPSA) is 254 Å². The molecule has 0 bridgehead atoms. The predicted molar refractivity (Wildman–Crippen MR) is 336 cm³/mol. The molecule has 0 unspecified atom stereocenters. The van der Waals surface area contributed by atoms with Gasteiger partial charge in [0, 0.05) is 98.9 Å². The van der Waals surface area contributed by atoms with Gasteiger partial charge in [-0.2, -0.15) is 8.61 Å². The molecule has 3 fully saturated rings. The maximum absolute atomic E-state index is 13.1. The Kier molecular flexibility index (Phi) is 22.2. The number of esters is 2. The van der Waals surface area contributed by atoms with Crippen molar-refractivity contribution in [1.82, 2.24) is 43.8 Å². The van der Waals surface area contributed by atoms with Gasteiger partial charge in [-0.15, -0.1) is 0 Å². The summed E-state index contributed by atoms with van der Waals surface area (Å²) in [6, 6.07) is 47.8. The number of aliphatic hydroxyl groups is 1. The quantitative estimate of drug-likeness (QED) is 0.0567. The zero-order valence-electron chi connectivity index (χ0n) is 50.1. The van der Waals surface area contributed by atoms with Gasteiger partial charge in [0.1, 0.15) is 24.1 Å². The fourth-order valence-electron chi connectivity index (χ4n) is 11.9. The van der Waals surface area contributed by atoms with Crippen LogP contribution in [0.5, 0.6) is 0 Å². The van der Waals surface area contributed by atoms with Crippen LogP contribution >= 0.6 is 0 Å². The van der Waals surface area contributed by atoms with Gasteiger partial charge in [-0.25, -0.2) is 56.3 Å². The summed E-state index contributed by atoms with van der Waals surface area (Å²) in [6.07, 6.45) is 15.5. The molecule has 0 radical (unpaired) electrons. The van der Waals surface area contributed by atoms with Crippen LogP contribution in [0.1, 0.15) is 118 Å². The molecule has 11 rings (SSSR count). The normalized spacial score (nSPS) is 16.4. The molecule has 3 aliphatic heterocycles. The van der Waals surface area contributed by atoms with Gasteiger partial charge in [-0.3, -0.25) is 4.79 Å². The van der Waals surface area contributed by atoms with Crippen LogP contribution in [0.15, 0.2) is 199 Å². The molecule has 19 nitrogen and oxygen atoms in total. The molecule has 6 heterocycles. The Labute approximate surface area is 521 Å². The summed E-state index contributed by atoms with van der Waals surface area (Å²) < 4.78 is 65.5. The highest BCUT2D eigenvalue weighted by atomic mass is 32.2. The van der Waals surface area contributed by atoms with Crippen molar-refractivity contribution in [3.05, 3.63) is 240 Å². The number of hydrogen-bond acceptors (Lipinski definition) is 17. The molecule has 0 atom stereocenters. The monoisotopic (exact) mass is 1240 g/mol. The van der Waals surface area contributed by atoms with E-state index < -0.39 is 38.4 Å². The number of nitrogens with zero attached hydrogens (tertiary/aromatic N) is 8. The second kappa shape index (κ2) is 30.3. The minimum Gasteiger partial charge on any atom is -0.462 e. The Hall–Kier alpha value is -8.31. The predicted octanol–water partition coefficient (Wildman–Crippen LogP) is 8.75. The molecule has 21 heteroatoms. The van der Waals surface area contributed by atoms with Crippen LogP contribution in [0, 0.1) is 0 Å². The number of rotatable bonds is 19. The van der Waals surface area contributed by atoms with Crippen LogP contribution in [0.3, 0.4) is 0 Å². The van der Waals surface area contributed by atoms with Crippen LogP contribution < -0.4 is 5.32 Å². The zero-order chi connectivity index (χ0) is 62.7. The van der Waals surface area contributed by atoms with Gasteiger partial charge < -0.3 is 19.9 Å². The molecular formula is C68H75N9O10S2. The van der Waals surface area contributed by atoms with E-state index in [1.54, 1.807) is 89.4 Å². The lowest BCUT2D eigenvalue weighted by molar-refractivity contribution is 0.0515. The van der Waals surface area contributed by atoms with E-state index in [0.29, 0.717) is 110 Å². The first kappa shape index (κ1) is 65.1. The molecule has 0 aliphatic carbocycles. The van der Waals surface area contributed by atoms with Gasteiger partial charge >= 0.3 is 11.9 Å². The Morgan fingerprint density at radius 3 is 1.01 bits per heavy atom. The largest absolute Gasteiger partial charge is 0.462 e. The van der Waals surface area contributed by atoms with Gasteiger partial charge in [0.15, 0.2) is 5.78 Å². The number of nitrogens with one attached hydrogen (secondary N) is 1. The summed E-state index contributed by atoms with van der Waals surface area (Å²) in [4.78, 5) is 62.3. The first-order valence-corrected chi connectivity index (χ1v) is 32.9. The van der Waals surface area contributed by atoms with Crippen molar-refractivity contribution in [2.24, 2.45) is 0 Å². The van der Waals surface area contributed by atoms with E-state index >= 15 is 0 Å². The van der Waals surface area contributed by atoms with Crippen molar-refractivity contribution in [3.8, 4) is 0 Å². The molecule has 0 spiro atoms. The van der Waals surface area contributed by atoms with E-state index in [-0.39, 0.29) is 27.8 Å². The van der Waals surface area contributed by atoms with Crippen molar-refractivity contribution in [2.45, 2.75) is 97.7 Å². The average Bonchev–Trinajstić information content (AvgIpc) is 2.71. The van der Waals surface area contributed by atoms with Crippen molar-refractivity contribution in [3.63, 3.8) is 0 Å². The minimum atomic E-state index is -3.54. The Bertz CT molecular complexity index is 3780. The molecule has 3 saturated heterocycles. The molecule has 3 aromatic heterocycles. The summed E-state index contributed by atoms with van der Waals surface area (Å²) in [5.41, 5.74) is 4.03. The number of piperidine rings is 3. The molecule has 464 valence electrons. The van der Waals surface area contributed by atoms with Crippen LogP contribution in [0.4, 0.5) is 0 Å². The standard InChI is InChI=1S/C25H27N3O4S.C24H25N3O4S.C19H23N3O2/c1-2-32-24(29)20-18-26-23(27-19-20)17-25(21-9-5-3-6-10-21)13-15-28(16-14-25)33(30,31)22-11-7-4-8-12-22;28-18-22(29)19-16-25-23(26-17-19)15-24(20-7-3-1-4-8-20)11-13-27(14-12-24)32(30,31)21-9-5-2-6-10-21;1-2-24-18(23)15-13-21-17(22-14-15)12-19(8-10-20-11-9-19)16-6-4-3-5-7-16/h3-12,18-19H,2,13-17H2,1H3;1-10,16-17,28H,11-15,18H2;3-7,13-14,20H,2,8-12H2,1H3. The highest BCUT2D eigenvalue weighted by Gasteiger charge is 2.42. The van der Waals surface area contributed by atoms with E-state index in [2.05, 4.69) is 83.8 Å². The fourth-order valence-corrected chi connectivity index (χ4v) is 14.8. The Morgan fingerprint density at radius 1 is 0.438 bits per heavy atom. The van der Waals surface area contributed by atoms with Crippen molar-refractivity contribution >= 4 is 37.8 Å². The van der Waals surface area contributed by atoms with E-state index in [1.165, 1.54) is 30.4 Å². The van der Waals surface area contributed by atoms with Crippen LogP contribution in [0.25, 0.3) is 0 Å². The molecular weight excluding hydrogens is 1170 g/mol. The number of hydrogen-bond donors (Lipinski definition) is 2. The Balaban J connectivity index is 0.000000161. The SMILES string of the molecule is CCOC(=O)c1cnc(CC2(c3ccccc3)CCN(S(=O)(=O)c3ccccc3)CC2)nc1.CCOC(=O)c1cnc(CC2(c3ccccc3)CCNCC2)nc1.O=C(CO)c1cnc(CC2(c3ccccc3)CCN(S(=O)(=O)c3ccccc3)CC2)nc1. The smallest absolute Gasteiger partial charge is 0.341 e. The van der Waals surface area contributed by atoms with Crippen molar-refractivity contribution < 1.29 is 45.8 Å². The highest BCUT2D eigenvalue weighted by molar-refractivity contribution is 7.89. The summed E-state index contributed by atoms with van der Waals surface area (Å²) in [5, 5.41) is 12.5. The van der Waals surface area contributed by atoms with Gasteiger partial charge in [-0.05, 0) is 106 Å². The van der Waals surface area contributed by atoms with E-state index in [4.69, 9.17) is 14.6 Å². The average molecular weight is 1240 g/mol. The third-order valence-electron chi connectivity index (χ3n) is 16.9. The third kappa shape index (κ3) is 16.1. The molecule has 3 aliphatic rings. The third-order valence-corrected chi connectivity index (χ3v) is 20.8. The van der Waals surface area contributed by atoms with Crippen LogP contribution in [-0.4, -0.2) is 137 Å². The van der Waals surface area contributed by atoms with Gasteiger partial charge in [0.2, 0.25) is 20.0 Å². The highest BCUT2D eigenvalue weighted by Crippen LogP contribution is 2.42. The molecule has 8 aromatic rings. The molecule has 2 N–H and O–H groups in total. The molecule has 0 saturated carbocycles. The minimum absolute atomic E-state index is 0.0535. The number of aliphatic hydroxyl groups excluding tert-OH is 1. The lowest BCUT2D eigenvalue weighted by Crippen LogP contribution is -2.46. The molecule has 89 heavy (non-hydrogen) atoms. The van der Waals surface area contributed by atoms with E-state index in [0.717, 1.165) is 49.3 Å². The Morgan fingerprint density at radius 2 is 0.719 bits per heavy atom. The van der Waals surface area contributed by atoms with Gasteiger partial charge in [-0.1, -0.05) is 127 Å². The summed E-state index contributed by atoms with van der Waals surface area (Å²) in [5.74, 6) is 0.737. The second-order valence-corrected chi connectivity index (χ2v) is 26.2. The molecule has 0 amide bonds. The maximum Gasteiger partial charge on any atom is 0.341 e. The number of Topliss-reactive ketones (excluding diaryl/α,β-unsaturated/α-hetero) is 1. The summed E-state index contributed by atoms with van der Waals surface area (Å²) in [6.45, 7) is 7.20. The number of carbonyl (C=O) groups is 3. The van der Waals surface area contributed by atoms with Crippen molar-refractivity contribution in [2.75, 3.05) is 59.1 Å². The van der Waals surface area contributed by atoms with Gasteiger partial charge in [0.25, 0.3) is 0 Å². The molecule has 5 aromatic carbocycles. The number of sulfonamides is 2. The lowest BCUT2D eigenvalue weighted by Gasteiger charge is -2.41. The van der Waals surface area contributed by atoms with Crippen LogP contribution in [-0.2, 0) is 65.0 Å². The summed E-state index contributed by atoms with van der Waals surface area (Å²) >= 11 is 0. The first-order chi connectivity index (χ1) is 43.1. The number of ketones is 1. The zero-order valence-corrected chi connectivity index (χ0v) is 51.8. The number of carbonyl (C=O) groups excluding carboxylic acids is 3. The fraction of sp³-hybridized carbons (Fsp3) is 0.338. The number of aromatic nitrogens is 6. The second-order valence-electron chi connectivity index (χ2n) is 22.3. The number of benzene rings is 5. The van der Waals surface area contributed by atoms with E-state index in [9.17, 15) is 31.2 Å².